The van der Waals surface area contributed by atoms with E-state index in [1.54, 1.807) is 6.07 Å². The first-order valence-electron chi connectivity index (χ1n) is 11.0. The van der Waals surface area contributed by atoms with Crippen LogP contribution in [-0.4, -0.2) is 9.91 Å². The number of hydrogen-bond donors (Lipinski definition) is 0. The monoisotopic (exact) mass is 398 g/mol. The van der Waals surface area contributed by atoms with Crippen LogP contribution in [0.1, 0.15) is 83.4 Å². The van der Waals surface area contributed by atoms with Crippen molar-refractivity contribution in [1.29, 1.82) is 0 Å². The predicted octanol–water partition coefficient (Wildman–Crippen LogP) is 7.70. The van der Waals surface area contributed by atoms with Gasteiger partial charge < -0.3 is 4.42 Å². The van der Waals surface area contributed by atoms with Crippen LogP contribution in [0.3, 0.4) is 0 Å². The zero-order valence-electron chi connectivity index (χ0n) is 17.6. The number of unbranched alkanes of at least 4 members (excludes halogenated alkanes) is 8. The Morgan fingerprint density at radius 2 is 1.66 bits per heavy atom. The summed E-state index contributed by atoms with van der Waals surface area (Å²) >= 11 is 0. The van der Waals surface area contributed by atoms with Gasteiger partial charge in [0.15, 0.2) is 11.5 Å². The summed E-state index contributed by atoms with van der Waals surface area (Å²) in [5.74, 6) is 0.672. The van der Waals surface area contributed by atoms with E-state index in [1.807, 2.05) is 0 Å². The van der Waals surface area contributed by atoms with Crippen molar-refractivity contribution in [2.75, 3.05) is 0 Å². The number of nitro benzene ring substituents is 1. The Morgan fingerprint density at radius 1 is 0.966 bits per heavy atom. The van der Waals surface area contributed by atoms with Crippen LogP contribution in [0.5, 0.6) is 0 Å². The molecule has 5 heteroatoms. The normalized spacial score (nSPS) is 11.9. The molecule has 29 heavy (non-hydrogen) atoms. The Bertz CT molecular complexity index is 793. The number of oxazole rings is 1. The van der Waals surface area contributed by atoms with Gasteiger partial charge in [0.25, 0.3) is 5.69 Å². The van der Waals surface area contributed by atoms with Gasteiger partial charge in [-0.15, -0.1) is 0 Å². The molecule has 2 aromatic rings. The number of fused-ring (bicyclic) bond motifs is 1. The summed E-state index contributed by atoms with van der Waals surface area (Å²) in [6.45, 7) is 2.24. The summed E-state index contributed by atoms with van der Waals surface area (Å²) in [6, 6.07) is 4.56. The number of benzene rings is 1. The highest BCUT2D eigenvalue weighted by Crippen LogP contribution is 2.22. The second kappa shape index (κ2) is 13.7. The number of rotatable bonds is 15. The molecule has 0 amide bonds. The third-order valence-corrected chi connectivity index (χ3v) is 4.97. The van der Waals surface area contributed by atoms with E-state index in [9.17, 15) is 10.1 Å². The van der Waals surface area contributed by atoms with Crippen LogP contribution < -0.4 is 0 Å². The summed E-state index contributed by atoms with van der Waals surface area (Å²) in [6.07, 6.45) is 23.2. The van der Waals surface area contributed by atoms with Gasteiger partial charge in [0.05, 0.1) is 11.0 Å². The molecule has 1 heterocycles. The molecule has 2 rings (SSSR count). The third kappa shape index (κ3) is 9.07. The van der Waals surface area contributed by atoms with Gasteiger partial charge in [-0.05, 0) is 44.6 Å². The fourth-order valence-corrected chi connectivity index (χ4v) is 3.27. The van der Waals surface area contributed by atoms with Crippen LogP contribution in [0, 0.1) is 10.1 Å². The third-order valence-electron chi connectivity index (χ3n) is 4.97. The van der Waals surface area contributed by atoms with E-state index in [2.05, 4.69) is 36.2 Å². The molecule has 5 nitrogen and oxygen atoms in total. The molecular formula is C24H34N2O3. The quantitative estimate of drug-likeness (QED) is 0.133. The second-order valence-electron chi connectivity index (χ2n) is 7.50. The molecule has 0 N–H and O–H groups in total. The molecule has 0 aliphatic rings. The van der Waals surface area contributed by atoms with Crippen LogP contribution in [-0.2, 0) is 6.42 Å². The maximum atomic E-state index is 10.8. The minimum Gasteiger partial charge on any atom is -0.440 e. The van der Waals surface area contributed by atoms with Crippen molar-refractivity contribution in [2.45, 2.75) is 84.0 Å². The standard InChI is InChI=1S/C24H34N2O3/c1-2-3-4-5-6-7-8-9-10-11-12-13-14-15-16-17-24-25-22-19-18-21(26(27)28)20-23(22)29-24/h6-7,9-10,18-20H,2-5,8,11-17H2,1H3/b7-6-,10-9-. The molecule has 1 aromatic heterocycles. The molecule has 0 saturated heterocycles. The predicted molar refractivity (Wildman–Crippen MR) is 119 cm³/mol. The number of aromatic nitrogens is 1. The van der Waals surface area contributed by atoms with Crippen molar-refractivity contribution in [1.82, 2.24) is 4.98 Å². The molecular weight excluding hydrogens is 364 g/mol. The topological polar surface area (TPSA) is 69.2 Å². The van der Waals surface area contributed by atoms with Crippen molar-refractivity contribution in [3.63, 3.8) is 0 Å². The zero-order chi connectivity index (χ0) is 20.7. The van der Waals surface area contributed by atoms with Gasteiger partial charge in [0.2, 0.25) is 0 Å². The largest absolute Gasteiger partial charge is 0.440 e. The van der Waals surface area contributed by atoms with Gasteiger partial charge >= 0.3 is 0 Å². The molecule has 0 unspecified atom stereocenters. The first kappa shape index (κ1) is 22.9. The number of allylic oxidation sites excluding steroid dienone is 4. The minimum absolute atomic E-state index is 0.0391. The molecule has 0 bridgehead atoms. The molecule has 0 radical (unpaired) electrons. The Labute approximate surface area is 174 Å². The summed E-state index contributed by atoms with van der Waals surface area (Å²) in [5, 5.41) is 10.8. The first-order valence-corrected chi connectivity index (χ1v) is 11.0. The van der Waals surface area contributed by atoms with E-state index in [-0.39, 0.29) is 5.69 Å². The molecule has 0 spiro atoms. The molecule has 1 aromatic carbocycles. The number of non-ortho nitro benzene ring substituents is 1. The minimum atomic E-state index is -0.415. The number of aryl methyl sites for hydroxylation is 1. The Hall–Kier alpha value is -2.43. The Kier molecular flexibility index (Phi) is 10.8. The van der Waals surface area contributed by atoms with Crippen LogP contribution >= 0.6 is 0 Å². The van der Waals surface area contributed by atoms with Crippen LogP contribution in [0.25, 0.3) is 11.1 Å². The van der Waals surface area contributed by atoms with Gasteiger partial charge in [0, 0.05) is 12.5 Å². The van der Waals surface area contributed by atoms with E-state index in [4.69, 9.17) is 4.42 Å². The molecule has 0 fully saturated rings. The molecule has 0 saturated carbocycles. The van der Waals surface area contributed by atoms with E-state index >= 15 is 0 Å². The number of hydrogen-bond acceptors (Lipinski definition) is 4. The Balaban J connectivity index is 1.50. The lowest BCUT2D eigenvalue weighted by Crippen LogP contribution is -1.86. The summed E-state index contributed by atoms with van der Waals surface area (Å²) in [7, 11) is 0. The molecule has 158 valence electrons. The van der Waals surface area contributed by atoms with E-state index in [0.29, 0.717) is 17.0 Å². The molecule has 0 aliphatic carbocycles. The van der Waals surface area contributed by atoms with Gasteiger partial charge in [-0.3, -0.25) is 10.1 Å². The average Bonchev–Trinajstić information content (AvgIpc) is 3.12. The van der Waals surface area contributed by atoms with E-state index < -0.39 is 4.92 Å². The lowest BCUT2D eigenvalue weighted by atomic mass is 10.1. The second-order valence-corrected chi connectivity index (χ2v) is 7.50. The van der Waals surface area contributed by atoms with Crippen LogP contribution in [0.4, 0.5) is 5.69 Å². The van der Waals surface area contributed by atoms with Gasteiger partial charge in [0.1, 0.15) is 5.52 Å². The lowest BCUT2D eigenvalue weighted by Gasteiger charge is -1.98. The van der Waals surface area contributed by atoms with Crippen molar-refractivity contribution < 1.29 is 9.34 Å². The van der Waals surface area contributed by atoms with Crippen molar-refractivity contribution in [2.24, 2.45) is 0 Å². The van der Waals surface area contributed by atoms with E-state index in [0.717, 1.165) is 32.1 Å². The van der Waals surface area contributed by atoms with Crippen molar-refractivity contribution in [3.05, 3.63) is 58.5 Å². The Morgan fingerprint density at radius 3 is 2.38 bits per heavy atom. The fourth-order valence-electron chi connectivity index (χ4n) is 3.27. The summed E-state index contributed by atoms with van der Waals surface area (Å²) < 4.78 is 5.65. The van der Waals surface area contributed by atoms with Gasteiger partial charge in [-0.2, -0.15) is 0 Å². The lowest BCUT2D eigenvalue weighted by molar-refractivity contribution is -0.384. The van der Waals surface area contributed by atoms with Gasteiger partial charge in [-0.1, -0.05) is 63.3 Å². The van der Waals surface area contributed by atoms with E-state index in [1.165, 1.54) is 57.1 Å². The molecule has 0 aliphatic heterocycles. The number of nitro groups is 1. The summed E-state index contributed by atoms with van der Waals surface area (Å²) in [4.78, 5) is 14.8. The van der Waals surface area contributed by atoms with Crippen LogP contribution in [0.2, 0.25) is 0 Å². The highest BCUT2D eigenvalue weighted by molar-refractivity contribution is 5.75. The molecule has 0 atom stereocenters. The zero-order valence-corrected chi connectivity index (χ0v) is 17.6. The maximum Gasteiger partial charge on any atom is 0.273 e. The highest BCUT2D eigenvalue weighted by Gasteiger charge is 2.11. The van der Waals surface area contributed by atoms with Crippen molar-refractivity contribution in [3.8, 4) is 0 Å². The SMILES string of the molecule is CCCCC/C=C\C/C=C\CCCCCCCc1nc2ccc([N+](=O)[O-])cc2o1. The average molecular weight is 399 g/mol. The fraction of sp³-hybridized carbons (Fsp3) is 0.542. The first-order chi connectivity index (χ1) is 14.2. The number of nitrogens with zero attached hydrogens (tertiary/aromatic N) is 2. The van der Waals surface area contributed by atoms with Crippen molar-refractivity contribution >= 4 is 16.8 Å². The van der Waals surface area contributed by atoms with Gasteiger partial charge in [-0.25, -0.2) is 4.98 Å². The summed E-state index contributed by atoms with van der Waals surface area (Å²) in [5.41, 5.74) is 1.22. The van der Waals surface area contributed by atoms with Crippen LogP contribution in [0.15, 0.2) is 46.9 Å². The highest BCUT2D eigenvalue weighted by atomic mass is 16.6. The maximum absolute atomic E-state index is 10.8. The smallest absolute Gasteiger partial charge is 0.273 e.